The Morgan fingerprint density at radius 2 is 2.44 bits per heavy atom. The molecule has 0 saturated carbocycles. The second-order valence-electron chi connectivity index (χ2n) is 3.53. The van der Waals surface area contributed by atoms with Crippen LogP contribution in [0, 0.1) is 0 Å². The van der Waals surface area contributed by atoms with Crippen LogP contribution in [-0.4, -0.2) is 15.5 Å². The summed E-state index contributed by atoms with van der Waals surface area (Å²) in [6.07, 6.45) is 1.82. The van der Waals surface area contributed by atoms with Crippen molar-refractivity contribution in [2.45, 2.75) is 11.6 Å². The number of nitrogens with zero attached hydrogens (tertiary/aromatic N) is 2. The van der Waals surface area contributed by atoms with Crippen molar-refractivity contribution < 1.29 is 4.79 Å². The molecule has 6 heteroatoms. The lowest BCUT2D eigenvalue weighted by molar-refractivity contribution is 0.0999. The van der Waals surface area contributed by atoms with E-state index >= 15 is 0 Å². The second kappa shape index (κ2) is 3.64. The van der Waals surface area contributed by atoms with Crippen LogP contribution >= 0.6 is 23.1 Å². The van der Waals surface area contributed by atoms with Gasteiger partial charge in [-0.25, -0.2) is 0 Å². The highest BCUT2D eigenvalue weighted by molar-refractivity contribution is 7.97. The highest BCUT2D eigenvalue weighted by atomic mass is 32.2. The van der Waals surface area contributed by atoms with E-state index in [1.54, 1.807) is 28.6 Å². The van der Waals surface area contributed by atoms with Crippen molar-refractivity contribution in [3.63, 3.8) is 0 Å². The Morgan fingerprint density at radius 1 is 1.56 bits per heavy atom. The molecule has 0 bridgehead atoms. The fourth-order valence-corrected chi connectivity index (χ4v) is 3.61. The van der Waals surface area contributed by atoms with Gasteiger partial charge in [-0.2, -0.15) is 0 Å². The lowest BCUT2D eigenvalue weighted by Crippen LogP contribution is -2.12. The number of amides is 1. The number of thiazole rings is 1. The summed E-state index contributed by atoms with van der Waals surface area (Å²) in [4.78, 5) is 16.5. The Morgan fingerprint density at radius 3 is 3.12 bits per heavy atom. The SMILES string of the molecule is NC(=O)c1cc(-c2cncs2)n2c1CSC2. The number of fused-ring (bicyclic) bond motifs is 1. The molecule has 3 rings (SSSR count). The third-order valence-electron chi connectivity index (χ3n) is 2.62. The van der Waals surface area contributed by atoms with Crippen molar-refractivity contribution in [1.29, 1.82) is 0 Å². The van der Waals surface area contributed by atoms with Gasteiger partial charge in [0.05, 0.1) is 27.5 Å². The minimum atomic E-state index is -0.345. The number of carbonyl (C=O) groups is 1. The third-order valence-corrected chi connectivity index (χ3v) is 4.33. The van der Waals surface area contributed by atoms with Gasteiger partial charge in [0.1, 0.15) is 0 Å². The fourth-order valence-electron chi connectivity index (χ4n) is 1.89. The van der Waals surface area contributed by atoms with Gasteiger partial charge < -0.3 is 10.3 Å². The maximum absolute atomic E-state index is 11.3. The predicted octanol–water partition coefficient (Wildman–Crippen LogP) is 1.91. The number of thioether (sulfide) groups is 1. The summed E-state index contributed by atoms with van der Waals surface area (Å²) in [7, 11) is 0. The molecule has 0 aliphatic carbocycles. The highest BCUT2D eigenvalue weighted by Crippen LogP contribution is 2.36. The zero-order valence-electron chi connectivity index (χ0n) is 8.34. The Kier molecular flexibility index (Phi) is 2.26. The van der Waals surface area contributed by atoms with E-state index < -0.39 is 0 Å². The van der Waals surface area contributed by atoms with Crippen molar-refractivity contribution in [2.24, 2.45) is 5.73 Å². The standard InChI is InChI=1S/C10H9N3OS2/c11-10(14)6-1-7(9-2-12-4-16-9)13-5-15-3-8(6)13/h1-2,4H,3,5H2,(H2,11,14). The van der Waals surface area contributed by atoms with Gasteiger partial charge in [-0.05, 0) is 6.07 Å². The van der Waals surface area contributed by atoms with E-state index in [0.29, 0.717) is 5.56 Å². The second-order valence-corrected chi connectivity index (χ2v) is 5.37. The molecule has 0 unspecified atom stereocenters. The molecule has 0 spiro atoms. The first-order chi connectivity index (χ1) is 7.77. The van der Waals surface area contributed by atoms with E-state index in [-0.39, 0.29) is 5.91 Å². The van der Waals surface area contributed by atoms with E-state index in [1.165, 1.54) is 0 Å². The number of nitrogens with two attached hydrogens (primary N) is 1. The normalized spacial score (nSPS) is 14.0. The van der Waals surface area contributed by atoms with Crippen molar-refractivity contribution in [3.8, 4) is 10.6 Å². The molecule has 2 aromatic rings. The maximum Gasteiger partial charge on any atom is 0.250 e. The van der Waals surface area contributed by atoms with Gasteiger partial charge in [0.15, 0.2) is 0 Å². The Hall–Kier alpha value is -1.27. The molecule has 0 aromatic carbocycles. The van der Waals surface area contributed by atoms with Crippen LogP contribution in [0.1, 0.15) is 16.1 Å². The molecule has 1 aliphatic heterocycles. The number of aromatic nitrogens is 2. The summed E-state index contributed by atoms with van der Waals surface area (Å²) >= 11 is 3.37. The van der Waals surface area contributed by atoms with Gasteiger partial charge >= 0.3 is 0 Å². The van der Waals surface area contributed by atoms with E-state index in [1.807, 2.05) is 12.3 Å². The maximum atomic E-state index is 11.3. The van der Waals surface area contributed by atoms with Crippen LogP contribution in [0.15, 0.2) is 17.8 Å². The molecule has 16 heavy (non-hydrogen) atoms. The van der Waals surface area contributed by atoms with E-state index in [4.69, 9.17) is 5.73 Å². The van der Waals surface area contributed by atoms with E-state index in [0.717, 1.165) is 27.9 Å². The number of hydrogen-bond donors (Lipinski definition) is 1. The van der Waals surface area contributed by atoms with Gasteiger partial charge in [0.25, 0.3) is 5.91 Å². The molecule has 2 aromatic heterocycles. The van der Waals surface area contributed by atoms with Gasteiger partial charge in [0, 0.05) is 17.6 Å². The third kappa shape index (κ3) is 1.37. The summed E-state index contributed by atoms with van der Waals surface area (Å²) in [5.41, 5.74) is 9.91. The van der Waals surface area contributed by atoms with Crippen molar-refractivity contribution in [2.75, 3.05) is 0 Å². The average molecular weight is 251 g/mol. The zero-order chi connectivity index (χ0) is 11.1. The first-order valence-electron chi connectivity index (χ1n) is 4.76. The van der Waals surface area contributed by atoms with Gasteiger partial charge in [-0.3, -0.25) is 9.78 Å². The Labute approximate surface area is 100 Å². The van der Waals surface area contributed by atoms with E-state index in [9.17, 15) is 4.79 Å². The first-order valence-corrected chi connectivity index (χ1v) is 6.79. The summed E-state index contributed by atoms with van der Waals surface area (Å²) in [5.74, 6) is 1.40. The average Bonchev–Trinajstić information content (AvgIpc) is 2.93. The fraction of sp³-hybridized carbons (Fsp3) is 0.200. The highest BCUT2D eigenvalue weighted by Gasteiger charge is 2.23. The van der Waals surface area contributed by atoms with Gasteiger partial charge in [-0.1, -0.05) is 0 Å². The smallest absolute Gasteiger partial charge is 0.250 e. The van der Waals surface area contributed by atoms with Crippen LogP contribution in [0.4, 0.5) is 0 Å². The molecule has 3 heterocycles. The molecular weight excluding hydrogens is 242 g/mol. The monoisotopic (exact) mass is 251 g/mol. The zero-order valence-corrected chi connectivity index (χ0v) is 9.98. The molecule has 82 valence electrons. The van der Waals surface area contributed by atoms with Crippen LogP contribution in [0.3, 0.4) is 0 Å². The molecule has 0 saturated heterocycles. The van der Waals surface area contributed by atoms with Crippen LogP contribution < -0.4 is 5.73 Å². The Bertz CT molecular complexity index is 545. The molecule has 0 atom stereocenters. The molecular formula is C10H9N3OS2. The molecule has 2 N–H and O–H groups in total. The number of primary amides is 1. The van der Waals surface area contributed by atoms with Crippen LogP contribution in [0.25, 0.3) is 10.6 Å². The summed E-state index contributed by atoms with van der Waals surface area (Å²) in [6.45, 7) is 0. The van der Waals surface area contributed by atoms with Gasteiger partial charge in [0.2, 0.25) is 0 Å². The van der Waals surface area contributed by atoms with Crippen molar-refractivity contribution in [1.82, 2.24) is 9.55 Å². The predicted molar refractivity (Wildman–Crippen MR) is 65.4 cm³/mol. The minimum absolute atomic E-state index is 0.345. The molecule has 0 radical (unpaired) electrons. The molecule has 0 fully saturated rings. The van der Waals surface area contributed by atoms with Gasteiger partial charge in [-0.15, -0.1) is 23.1 Å². The summed E-state index contributed by atoms with van der Waals surface area (Å²) < 4.78 is 2.15. The minimum Gasteiger partial charge on any atom is -0.366 e. The lowest BCUT2D eigenvalue weighted by atomic mass is 10.2. The van der Waals surface area contributed by atoms with Crippen LogP contribution in [0.5, 0.6) is 0 Å². The van der Waals surface area contributed by atoms with Crippen LogP contribution in [-0.2, 0) is 11.6 Å². The summed E-state index contributed by atoms with van der Waals surface area (Å²) in [6, 6.07) is 1.88. The number of hydrogen-bond acceptors (Lipinski definition) is 4. The van der Waals surface area contributed by atoms with E-state index in [2.05, 4.69) is 9.55 Å². The van der Waals surface area contributed by atoms with Crippen molar-refractivity contribution >= 4 is 29.0 Å². The Balaban J connectivity index is 2.20. The first kappa shape index (κ1) is 9.92. The lowest BCUT2D eigenvalue weighted by Gasteiger charge is -2.01. The molecule has 1 aliphatic rings. The van der Waals surface area contributed by atoms with Crippen LogP contribution in [0.2, 0.25) is 0 Å². The molecule has 4 nitrogen and oxygen atoms in total. The molecule has 1 amide bonds. The largest absolute Gasteiger partial charge is 0.366 e. The number of rotatable bonds is 2. The number of carbonyl (C=O) groups excluding carboxylic acids is 1. The topological polar surface area (TPSA) is 60.9 Å². The quantitative estimate of drug-likeness (QED) is 0.887. The van der Waals surface area contributed by atoms with Crippen molar-refractivity contribution in [3.05, 3.63) is 29.0 Å². The summed E-state index contributed by atoms with van der Waals surface area (Å²) in [5, 5.41) is 0.